The average molecular weight is 621 g/mol. The second-order valence-corrected chi connectivity index (χ2v) is 11.3. The molecule has 1 aliphatic rings. The van der Waals surface area contributed by atoms with Crippen molar-refractivity contribution < 1.29 is 19.0 Å². The number of esters is 1. The monoisotopic (exact) mass is 620 g/mol. The molecule has 2 aromatic heterocycles. The Morgan fingerprint density at radius 3 is 2.33 bits per heavy atom. The summed E-state index contributed by atoms with van der Waals surface area (Å²) < 4.78 is 20.2. The van der Waals surface area contributed by atoms with Crippen LogP contribution in [-0.4, -0.2) is 40.6 Å². The van der Waals surface area contributed by atoms with Gasteiger partial charge in [0.2, 0.25) is 0 Å². The van der Waals surface area contributed by atoms with Crippen molar-refractivity contribution in [3.63, 3.8) is 0 Å². The van der Waals surface area contributed by atoms with Crippen molar-refractivity contribution in [1.29, 1.82) is 0 Å². The first-order chi connectivity index (χ1) is 21.9. The Hall–Kier alpha value is -5.22. The minimum atomic E-state index is -0.717. The maximum Gasteiger partial charge on any atom is 0.338 e. The summed E-state index contributed by atoms with van der Waals surface area (Å²) in [4.78, 5) is 32.7. The van der Waals surface area contributed by atoms with E-state index in [9.17, 15) is 9.59 Å². The molecule has 228 valence electrons. The number of nitrogens with zero attached hydrogens (tertiary/aromatic N) is 4. The summed E-state index contributed by atoms with van der Waals surface area (Å²) in [6, 6.07) is 24.1. The van der Waals surface area contributed by atoms with E-state index in [1.807, 2.05) is 98.1 Å². The summed E-state index contributed by atoms with van der Waals surface area (Å²) in [5.41, 5.74) is 4.55. The number of carbonyl (C=O) groups excluding carboxylic acids is 1. The van der Waals surface area contributed by atoms with Crippen LogP contribution in [0, 0.1) is 0 Å². The third kappa shape index (κ3) is 5.84. The van der Waals surface area contributed by atoms with Crippen LogP contribution in [0.2, 0.25) is 0 Å². The van der Waals surface area contributed by atoms with E-state index in [0.29, 0.717) is 38.7 Å². The molecule has 0 bridgehead atoms. The maximum absolute atomic E-state index is 14.2. The van der Waals surface area contributed by atoms with Crippen molar-refractivity contribution in [2.45, 2.75) is 26.8 Å². The van der Waals surface area contributed by atoms with Gasteiger partial charge in [-0.2, -0.15) is 5.10 Å². The molecule has 9 nitrogen and oxygen atoms in total. The van der Waals surface area contributed by atoms with Gasteiger partial charge in [-0.25, -0.2) is 14.5 Å². The van der Waals surface area contributed by atoms with E-state index in [1.54, 1.807) is 30.2 Å². The molecule has 3 heterocycles. The van der Waals surface area contributed by atoms with E-state index in [0.717, 1.165) is 28.1 Å². The Balaban J connectivity index is 1.53. The number of para-hydroxylation sites is 1. The molecule has 5 aromatic rings. The van der Waals surface area contributed by atoms with E-state index in [1.165, 1.54) is 11.3 Å². The lowest BCUT2D eigenvalue weighted by Crippen LogP contribution is -2.39. The highest BCUT2D eigenvalue weighted by Gasteiger charge is 2.33. The summed E-state index contributed by atoms with van der Waals surface area (Å²) in [6.45, 7) is 6.24. The van der Waals surface area contributed by atoms with Crippen LogP contribution in [0.15, 0.2) is 106 Å². The quantitative estimate of drug-likeness (QED) is 0.214. The Morgan fingerprint density at radius 2 is 1.67 bits per heavy atom. The highest BCUT2D eigenvalue weighted by molar-refractivity contribution is 7.07. The van der Waals surface area contributed by atoms with Gasteiger partial charge in [0.05, 0.1) is 47.9 Å². The zero-order valence-corrected chi connectivity index (χ0v) is 26.2. The smallest absolute Gasteiger partial charge is 0.338 e. The van der Waals surface area contributed by atoms with Crippen molar-refractivity contribution >= 4 is 23.4 Å². The summed E-state index contributed by atoms with van der Waals surface area (Å²) in [6.07, 6.45) is 3.76. The second kappa shape index (κ2) is 12.8. The van der Waals surface area contributed by atoms with E-state index in [4.69, 9.17) is 24.3 Å². The lowest BCUT2D eigenvalue weighted by atomic mass is 9.96. The second-order valence-electron chi connectivity index (χ2n) is 10.2. The van der Waals surface area contributed by atoms with Crippen LogP contribution in [0.3, 0.4) is 0 Å². The number of benzene rings is 3. The minimum absolute atomic E-state index is 0.203. The molecule has 0 saturated heterocycles. The number of aromatic nitrogens is 3. The summed E-state index contributed by atoms with van der Waals surface area (Å²) >= 11 is 1.27. The Kier molecular flexibility index (Phi) is 8.48. The number of carbonyl (C=O) groups is 1. The summed E-state index contributed by atoms with van der Waals surface area (Å²) in [7, 11) is 1.59. The highest BCUT2D eigenvalue weighted by atomic mass is 32.1. The fraction of sp³-hybridized carbons (Fsp3) is 0.200. The molecular weight excluding hydrogens is 588 g/mol. The fourth-order valence-electron chi connectivity index (χ4n) is 5.34. The normalized spacial score (nSPS) is 14.6. The molecule has 45 heavy (non-hydrogen) atoms. The molecular formula is C35H32N4O5S. The van der Waals surface area contributed by atoms with Crippen LogP contribution in [-0.2, 0) is 9.53 Å². The Labute approximate surface area is 264 Å². The summed E-state index contributed by atoms with van der Waals surface area (Å²) in [5, 5.41) is 4.92. The van der Waals surface area contributed by atoms with Crippen LogP contribution in [0.4, 0.5) is 0 Å². The van der Waals surface area contributed by atoms with E-state index >= 15 is 0 Å². The molecule has 1 aliphatic heterocycles. The van der Waals surface area contributed by atoms with Gasteiger partial charge in [0.25, 0.3) is 5.56 Å². The van der Waals surface area contributed by atoms with Gasteiger partial charge in [0.1, 0.15) is 17.2 Å². The molecule has 10 heteroatoms. The first-order valence-corrected chi connectivity index (χ1v) is 15.5. The van der Waals surface area contributed by atoms with Crippen LogP contribution >= 0.6 is 11.3 Å². The van der Waals surface area contributed by atoms with Gasteiger partial charge in [-0.15, -0.1) is 0 Å². The third-order valence-corrected chi connectivity index (χ3v) is 8.42. The van der Waals surface area contributed by atoms with Crippen molar-refractivity contribution in [2.75, 3.05) is 20.3 Å². The number of rotatable bonds is 9. The van der Waals surface area contributed by atoms with Crippen LogP contribution in [0.1, 0.15) is 37.9 Å². The number of fused-ring (bicyclic) bond motifs is 1. The lowest BCUT2D eigenvalue weighted by molar-refractivity contribution is -0.139. The number of hydrogen-bond acceptors (Lipinski definition) is 8. The number of thiazole rings is 1. The molecule has 0 unspecified atom stereocenters. The van der Waals surface area contributed by atoms with Crippen LogP contribution in [0.5, 0.6) is 11.5 Å². The number of allylic oxidation sites excluding steroid dienone is 1. The zero-order valence-electron chi connectivity index (χ0n) is 25.4. The Morgan fingerprint density at radius 1 is 0.956 bits per heavy atom. The SMILES string of the molecule is CCOC(=O)C1=C(C)N=c2s/c(=C\c3cn(-c4ccccc4)nc3-c3ccc(OCC)cc3)c(=O)n2[C@H]1c1ccc(OC)cc1. The number of methoxy groups -OCH3 is 1. The first kappa shape index (κ1) is 29.8. The van der Waals surface area contributed by atoms with Crippen molar-refractivity contribution in [3.05, 3.63) is 127 Å². The van der Waals surface area contributed by atoms with Gasteiger partial charge in [-0.3, -0.25) is 9.36 Å². The lowest BCUT2D eigenvalue weighted by Gasteiger charge is -2.24. The van der Waals surface area contributed by atoms with Crippen LogP contribution in [0.25, 0.3) is 23.0 Å². The molecule has 1 atom stereocenters. The first-order valence-electron chi connectivity index (χ1n) is 14.6. The molecule has 0 amide bonds. The number of ether oxygens (including phenoxy) is 3. The standard InChI is InChI=1S/C35H32N4O5S/c1-5-43-28-18-12-23(13-19-28)31-25(21-38(37-31)26-10-8-7-9-11-26)20-29-33(40)39-32(24-14-16-27(42-4)17-15-24)30(34(41)44-6-2)22(3)36-35(39)45-29/h7-21,32H,5-6H2,1-4H3/b29-20-/t32-/m0/s1. The molecule has 6 rings (SSSR count). The van der Waals surface area contributed by atoms with Gasteiger partial charge in [-0.05, 0) is 80.9 Å². The van der Waals surface area contributed by atoms with Crippen LogP contribution < -0.4 is 24.4 Å². The molecule has 0 fully saturated rings. The fourth-order valence-corrected chi connectivity index (χ4v) is 6.38. The van der Waals surface area contributed by atoms with E-state index in [-0.39, 0.29) is 12.2 Å². The topological polar surface area (TPSA) is 96.9 Å². The zero-order chi connectivity index (χ0) is 31.5. The molecule has 0 radical (unpaired) electrons. The average Bonchev–Trinajstić information content (AvgIpc) is 3.62. The molecule has 0 saturated carbocycles. The van der Waals surface area contributed by atoms with Crippen molar-refractivity contribution in [1.82, 2.24) is 14.3 Å². The highest BCUT2D eigenvalue weighted by Crippen LogP contribution is 2.32. The largest absolute Gasteiger partial charge is 0.497 e. The predicted octanol–water partition coefficient (Wildman–Crippen LogP) is 5.06. The molecule has 0 spiro atoms. The van der Waals surface area contributed by atoms with Gasteiger partial charge in [0.15, 0.2) is 4.80 Å². The predicted molar refractivity (Wildman–Crippen MR) is 174 cm³/mol. The van der Waals surface area contributed by atoms with E-state index < -0.39 is 12.0 Å². The van der Waals surface area contributed by atoms with Gasteiger partial charge >= 0.3 is 5.97 Å². The third-order valence-electron chi connectivity index (χ3n) is 7.44. The molecule has 3 aromatic carbocycles. The van der Waals surface area contributed by atoms with Crippen molar-refractivity contribution in [3.8, 4) is 28.4 Å². The van der Waals surface area contributed by atoms with Gasteiger partial charge in [-0.1, -0.05) is 41.7 Å². The Bertz CT molecular complexity index is 2060. The van der Waals surface area contributed by atoms with E-state index in [2.05, 4.69) is 0 Å². The maximum atomic E-state index is 14.2. The summed E-state index contributed by atoms with van der Waals surface area (Å²) in [5.74, 6) is 0.933. The minimum Gasteiger partial charge on any atom is -0.497 e. The van der Waals surface area contributed by atoms with Gasteiger partial charge < -0.3 is 14.2 Å². The molecule has 0 N–H and O–H groups in total. The molecule has 0 aliphatic carbocycles. The van der Waals surface area contributed by atoms with Gasteiger partial charge in [0, 0.05) is 17.3 Å². The van der Waals surface area contributed by atoms with Crippen molar-refractivity contribution in [2.24, 2.45) is 4.99 Å². The number of hydrogen-bond donors (Lipinski definition) is 0.